The SMILES string of the molecule is CCCC(=O)N[C@H]1C(OC(=O)CCC)O[C@H](CO)[C@@H](O)[C@@H]1OC(=O)CCC. The van der Waals surface area contributed by atoms with Gasteiger partial charge in [-0.05, 0) is 19.3 Å². The Balaban J connectivity index is 3.08. The molecule has 5 atom stereocenters. The van der Waals surface area contributed by atoms with Gasteiger partial charge in [0, 0.05) is 19.3 Å². The molecule has 9 nitrogen and oxygen atoms in total. The monoisotopic (exact) mass is 389 g/mol. The maximum absolute atomic E-state index is 12.1. The van der Waals surface area contributed by atoms with Gasteiger partial charge in [-0.15, -0.1) is 0 Å². The van der Waals surface area contributed by atoms with Crippen LogP contribution >= 0.6 is 0 Å². The molecular weight excluding hydrogens is 358 g/mol. The quantitative estimate of drug-likeness (QED) is 0.458. The van der Waals surface area contributed by atoms with Crippen LogP contribution in [0.15, 0.2) is 0 Å². The Bertz CT molecular complexity index is 498. The molecule has 1 heterocycles. The highest BCUT2D eigenvalue weighted by Crippen LogP contribution is 2.26. The fraction of sp³-hybridized carbons (Fsp3) is 0.833. The maximum atomic E-state index is 12.1. The molecule has 1 unspecified atom stereocenters. The van der Waals surface area contributed by atoms with Crippen LogP contribution in [0, 0.1) is 0 Å². The molecule has 1 aliphatic rings. The van der Waals surface area contributed by atoms with Gasteiger partial charge >= 0.3 is 11.9 Å². The van der Waals surface area contributed by atoms with E-state index in [9.17, 15) is 24.6 Å². The van der Waals surface area contributed by atoms with Crippen LogP contribution in [0.2, 0.25) is 0 Å². The summed E-state index contributed by atoms with van der Waals surface area (Å²) in [5.74, 6) is -1.47. The Morgan fingerprint density at radius 2 is 1.52 bits per heavy atom. The lowest BCUT2D eigenvalue weighted by Gasteiger charge is -2.43. The first-order valence-corrected chi connectivity index (χ1v) is 9.50. The Morgan fingerprint density at radius 3 is 2.04 bits per heavy atom. The molecule has 1 amide bonds. The second-order valence-electron chi connectivity index (χ2n) is 6.50. The van der Waals surface area contributed by atoms with Gasteiger partial charge < -0.3 is 29.7 Å². The summed E-state index contributed by atoms with van der Waals surface area (Å²) in [4.78, 5) is 36.0. The van der Waals surface area contributed by atoms with Gasteiger partial charge in [-0.3, -0.25) is 14.4 Å². The number of nitrogens with one attached hydrogen (secondary N) is 1. The van der Waals surface area contributed by atoms with Crippen molar-refractivity contribution in [1.82, 2.24) is 5.32 Å². The van der Waals surface area contributed by atoms with Crippen LogP contribution in [-0.4, -0.2) is 65.3 Å². The average molecular weight is 389 g/mol. The number of hydrogen-bond acceptors (Lipinski definition) is 8. The van der Waals surface area contributed by atoms with Crippen LogP contribution in [0.5, 0.6) is 0 Å². The summed E-state index contributed by atoms with van der Waals surface area (Å²) in [7, 11) is 0. The molecule has 1 rings (SSSR count). The van der Waals surface area contributed by atoms with Crippen LogP contribution in [0.4, 0.5) is 0 Å². The second-order valence-corrected chi connectivity index (χ2v) is 6.50. The smallest absolute Gasteiger partial charge is 0.308 e. The molecule has 1 saturated heterocycles. The Hall–Kier alpha value is -1.71. The molecule has 0 aromatic heterocycles. The largest absolute Gasteiger partial charge is 0.457 e. The first kappa shape index (κ1) is 23.3. The van der Waals surface area contributed by atoms with E-state index in [1.54, 1.807) is 13.8 Å². The third-order valence-corrected chi connectivity index (χ3v) is 4.08. The van der Waals surface area contributed by atoms with Crippen molar-refractivity contribution in [3.8, 4) is 0 Å². The number of hydrogen-bond donors (Lipinski definition) is 3. The van der Waals surface area contributed by atoms with Crippen molar-refractivity contribution in [3.05, 3.63) is 0 Å². The first-order valence-electron chi connectivity index (χ1n) is 9.50. The van der Waals surface area contributed by atoms with E-state index in [1.807, 2.05) is 6.92 Å². The number of carbonyl (C=O) groups excluding carboxylic acids is 3. The molecule has 1 fully saturated rings. The average Bonchev–Trinajstić information content (AvgIpc) is 2.61. The molecule has 0 saturated carbocycles. The zero-order valence-corrected chi connectivity index (χ0v) is 16.2. The van der Waals surface area contributed by atoms with Gasteiger partial charge in [-0.25, -0.2) is 0 Å². The van der Waals surface area contributed by atoms with E-state index < -0.39 is 49.2 Å². The molecule has 9 heteroatoms. The Morgan fingerprint density at radius 1 is 0.963 bits per heavy atom. The highest BCUT2D eigenvalue weighted by Gasteiger charge is 2.49. The van der Waals surface area contributed by atoms with Crippen molar-refractivity contribution < 1.29 is 38.8 Å². The summed E-state index contributed by atoms with van der Waals surface area (Å²) >= 11 is 0. The van der Waals surface area contributed by atoms with E-state index in [-0.39, 0.29) is 25.2 Å². The lowest BCUT2D eigenvalue weighted by molar-refractivity contribution is -0.267. The van der Waals surface area contributed by atoms with Crippen molar-refractivity contribution in [3.63, 3.8) is 0 Å². The number of rotatable bonds is 10. The molecule has 1 aliphatic heterocycles. The summed E-state index contributed by atoms with van der Waals surface area (Å²) in [6.07, 6.45) is -2.84. The fourth-order valence-electron chi connectivity index (χ4n) is 2.75. The number of amides is 1. The van der Waals surface area contributed by atoms with Gasteiger partial charge in [-0.2, -0.15) is 0 Å². The molecule has 3 N–H and O–H groups in total. The molecule has 0 spiro atoms. The Labute approximate surface area is 159 Å². The molecular formula is C18H31NO8. The van der Waals surface area contributed by atoms with Gasteiger partial charge in [0.05, 0.1) is 6.61 Å². The van der Waals surface area contributed by atoms with E-state index in [4.69, 9.17) is 14.2 Å². The van der Waals surface area contributed by atoms with Crippen molar-refractivity contribution in [2.45, 2.75) is 89.9 Å². The van der Waals surface area contributed by atoms with Crippen LogP contribution in [-0.2, 0) is 28.6 Å². The zero-order chi connectivity index (χ0) is 20.4. The summed E-state index contributed by atoms with van der Waals surface area (Å²) in [5, 5.41) is 22.6. The first-order chi connectivity index (χ1) is 12.9. The van der Waals surface area contributed by atoms with E-state index in [2.05, 4.69) is 5.32 Å². The number of ether oxygens (including phenoxy) is 3. The Kier molecular flexibility index (Phi) is 10.3. The van der Waals surface area contributed by atoms with Crippen molar-refractivity contribution in [1.29, 1.82) is 0 Å². The summed E-state index contributed by atoms with van der Waals surface area (Å²) < 4.78 is 16.1. The second kappa shape index (κ2) is 11.9. The molecule has 0 aromatic carbocycles. The number of aliphatic hydroxyl groups excluding tert-OH is 2. The molecule has 156 valence electrons. The lowest BCUT2D eigenvalue weighted by atomic mass is 9.96. The van der Waals surface area contributed by atoms with Crippen molar-refractivity contribution in [2.75, 3.05) is 6.61 Å². The highest BCUT2D eigenvalue weighted by atomic mass is 16.7. The number of carbonyl (C=O) groups is 3. The van der Waals surface area contributed by atoms with E-state index in [0.717, 1.165) is 0 Å². The topological polar surface area (TPSA) is 131 Å². The molecule has 27 heavy (non-hydrogen) atoms. The number of esters is 2. The van der Waals surface area contributed by atoms with Crippen molar-refractivity contribution >= 4 is 17.8 Å². The van der Waals surface area contributed by atoms with Crippen molar-refractivity contribution in [2.24, 2.45) is 0 Å². The zero-order valence-electron chi connectivity index (χ0n) is 16.2. The van der Waals surface area contributed by atoms with E-state index in [0.29, 0.717) is 19.3 Å². The predicted octanol–water partition coefficient (Wildman–Crippen LogP) is 0.405. The van der Waals surface area contributed by atoms with Gasteiger partial charge in [0.1, 0.15) is 18.2 Å². The minimum Gasteiger partial charge on any atom is -0.457 e. The maximum Gasteiger partial charge on any atom is 0.308 e. The van der Waals surface area contributed by atoms with Crippen LogP contribution < -0.4 is 5.32 Å². The molecule has 0 aliphatic carbocycles. The summed E-state index contributed by atoms with van der Waals surface area (Å²) in [6, 6.07) is -1.08. The standard InChI is InChI=1S/C18H31NO8/c1-4-7-12(21)19-15-17(26-13(22)8-5-2)16(24)11(10-20)25-18(15)27-14(23)9-6-3/h11,15-18,20,24H,4-10H2,1-3H3,(H,19,21)/t11-,15-,16-,17-,18?/m1/s1. The van der Waals surface area contributed by atoms with Crippen LogP contribution in [0.3, 0.4) is 0 Å². The highest BCUT2D eigenvalue weighted by molar-refractivity contribution is 5.76. The van der Waals surface area contributed by atoms with Gasteiger partial charge in [0.15, 0.2) is 6.10 Å². The van der Waals surface area contributed by atoms with E-state index >= 15 is 0 Å². The summed E-state index contributed by atoms with van der Waals surface area (Å²) in [6.45, 7) is 4.86. The molecule has 0 radical (unpaired) electrons. The predicted molar refractivity (Wildman–Crippen MR) is 94.4 cm³/mol. The summed E-state index contributed by atoms with van der Waals surface area (Å²) in [5.41, 5.74) is 0. The lowest BCUT2D eigenvalue weighted by Crippen LogP contribution is -2.66. The van der Waals surface area contributed by atoms with Gasteiger partial charge in [0.25, 0.3) is 0 Å². The minimum atomic E-state index is -1.39. The van der Waals surface area contributed by atoms with Gasteiger partial charge in [0.2, 0.25) is 12.2 Å². The normalized spacial score (nSPS) is 27.7. The fourth-order valence-corrected chi connectivity index (χ4v) is 2.75. The third kappa shape index (κ3) is 7.08. The number of aliphatic hydroxyl groups is 2. The minimum absolute atomic E-state index is 0.129. The van der Waals surface area contributed by atoms with Crippen LogP contribution in [0.1, 0.15) is 59.3 Å². The molecule has 0 aromatic rings. The van der Waals surface area contributed by atoms with Gasteiger partial charge in [-0.1, -0.05) is 20.8 Å². The van der Waals surface area contributed by atoms with E-state index in [1.165, 1.54) is 0 Å². The molecule has 0 bridgehead atoms. The van der Waals surface area contributed by atoms with Crippen LogP contribution in [0.25, 0.3) is 0 Å². The third-order valence-electron chi connectivity index (χ3n) is 4.08.